The van der Waals surface area contributed by atoms with Crippen molar-refractivity contribution >= 4 is 5.78 Å². The molecule has 0 atom stereocenters. The van der Waals surface area contributed by atoms with E-state index in [-0.39, 0.29) is 0 Å². The van der Waals surface area contributed by atoms with Crippen molar-refractivity contribution in [3.05, 3.63) is 47.5 Å². The Morgan fingerprint density at radius 2 is 2.05 bits per heavy atom. The molecule has 0 bridgehead atoms. The van der Waals surface area contributed by atoms with Gasteiger partial charge in [0.25, 0.3) is 5.78 Å². The van der Waals surface area contributed by atoms with Gasteiger partial charge in [-0.3, -0.25) is 5.10 Å². The van der Waals surface area contributed by atoms with Gasteiger partial charge in [0.05, 0.1) is 19.0 Å². The summed E-state index contributed by atoms with van der Waals surface area (Å²) in [5.41, 5.74) is 7.52. The highest BCUT2D eigenvalue weighted by Gasteiger charge is 2.07. The highest BCUT2D eigenvalue weighted by Crippen LogP contribution is 2.14. The molecule has 0 radical (unpaired) electrons. The molecule has 0 fully saturated rings. The third kappa shape index (κ3) is 2.30. The summed E-state index contributed by atoms with van der Waals surface area (Å²) < 4.78 is 6.92. The monoisotopic (exact) mass is 257 g/mol. The van der Waals surface area contributed by atoms with Crippen LogP contribution in [0.3, 0.4) is 0 Å². The molecule has 3 N–H and O–H groups in total. The molecular formula is C13H15N5O. The van der Waals surface area contributed by atoms with Crippen molar-refractivity contribution in [2.75, 3.05) is 7.11 Å². The Morgan fingerprint density at radius 1 is 1.26 bits per heavy atom. The standard InChI is InChI=1S/C13H15N5O/c1-19-11-4-2-9(3-5-11)6-12-16-13-15-10(7-14)8-18(13)17-12/h2-5,8H,6-7,14H2,1H3,(H,15,16,17). The van der Waals surface area contributed by atoms with E-state index in [0.29, 0.717) is 12.3 Å². The van der Waals surface area contributed by atoms with E-state index in [1.165, 1.54) is 0 Å². The lowest BCUT2D eigenvalue weighted by Crippen LogP contribution is -1.97. The third-order valence-electron chi connectivity index (χ3n) is 2.96. The van der Waals surface area contributed by atoms with Gasteiger partial charge in [-0.2, -0.15) is 4.98 Å². The largest absolute Gasteiger partial charge is 0.497 e. The smallest absolute Gasteiger partial charge is 0.250 e. The number of imidazole rings is 1. The quantitative estimate of drug-likeness (QED) is 0.733. The molecule has 6 heteroatoms. The molecule has 3 aromatic rings. The number of fused-ring (bicyclic) bond motifs is 1. The van der Waals surface area contributed by atoms with Gasteiger partial charge >= 0.3 is 0 Å². The maximum absolute atomic E-state index is 5.53. The first-order valence-electron chi connectivity index (χ1n) is 6.04. The number of ether oxygens (including phenoxy) is 1. The Hall–Kier alpha value is -2.34. The number of rotatable bonds is 4. The first kappa shape index (κ1) is 11.7. The lowest BCUT2D eigenvalue weighted by atomic mass is 10.1. The van der Waals surface area contributed by atoms with Crippen molar-refractivity contribution in [1.82, 2.24) is 19.6 Å². The zero-order chi connectivity index (χ0) is 13.2. The van der Waals surface area contributed by atoms with Crippen molar-refractivity contribution in [3.8, 4) is 5.75 Å². The fourth-order valence-corrected chi connectivity index (χ4v) is 1.98. The summed E-state index contributed by atoms with van der Waals surface area (Å²) in [7, 11) is 1.66. The highest BCUT2D eigenvalue weighted by molar-refractivity contribution is 5.32. The normalized spacial score (nSPS) is 11.1. The van der Waals surface area contributed by atoms with E-state index < -0.39 is 0 Å². The summed E-state index contributed by atoms with van der Waals surface area (Å²) in [6, 6.07) is 7.93. The molecule has 1 aromatic carbocycles. The van der Waals surface area contributed by atoms with E-state index >= 15 is 0 Å². The van der Waals surface area contributed by atoms with Crippen LogP contribution in [0.25, 0.3) is 5.78 Å². The van der Waals surface area contributed by atoms with E-state index in [0.717, 1.165) is 29.3 Å². The van der Waals surface area contributed by atoms with E-state index in [4.69, 9.17) is 10.5 Å². The molecule has 19 heavy (non-hydrogen) atoms. The first-order chi connectivity index (χ1) is 9.28. The first-order valence-corrected chi connectivity index (χ1v) is 6.04. The van der Waals surface area contributed by atoms with Crippen molar-refractivity contribution in [2.24, 2.45) is 5.73 Å². The van der Waals surface area contributed by atoms with Gasteiger partial charge in [0.15, 0.2) is 0 Å². The van der Waals surface area contributed by atoms with Gasteiger partial charge in [-0.15, -0.1) is 0 Å². The molecule has 0 aliphatic heterocycles. The van der Waals surface area contributed by atoms with E-state index in [9.17, 15) is 0 Å². The maximum Gasteiger partial charge on any atom is 0.250 e. The molecular weight excluding hydrogens is 242 g/mol. The average molecular weight is 257 g/mol. The lowest BCUT2D eigenvalue weighted by Gasteiger charge is -2.01. The third-order valence-corrected chi connectivity index (χ3v) is 2.96. The zero-order valence-corrected chi connectivity index (χ0v) is 10.6. The van der Waals surface area contributed by atoms with Crippen LogP contribution >= 0.6 is 0 Å². The van der Waals surface area contributed by atoms with Crippen LogP contribution in [0, 0.1) is 0 Å². The summed E-state index contributed by atoms with van der Waals surface area (Å²) in [6.45, 7) is 0.422. The summed E-state index contributed by atoms with van der Waals surface area (Å²) in [5.74, 6) is 2.38. The molecule has 2 aromatic heterocycles. The molecule has 0 saturated heterocycles. The van der Waals surface area contributed by atoms with Crippen LogP contribution in [-0.2, 0) is 13.0 Å². The molecule has 6 nitrogen and oxygen atoms in total. The predicted octanol–water partition coefficient (Wildman–Crippen LogP) is 1.12. The number of nitrogens with zero attached hydrogens (tertiary/aromatic N) is 3. The fourth-order valence-electron chi connectivity index (χ4n) is 1.98. The minimum Gasteiger partial charge on any atom is -0.497 e. The number of aromatic nitrogens is 4. The molecule has 0 aliphatic carbocycles. The molecule has 3 rings (SSSR count). The molecule has 0 unspecified atom stereocenters. The van der Waals surface area contributed by atoms with Gasteiger partial charge in [0, 0.05) is 13.0 Å². The number of benzene rings is 1. The van der Waals surface area contributed by atoms with Gasteiger partial charge in [0.1, 0.15) is 11.6 Å². The number of aromatic amines is 1. The number of methoxy groups -OCH3 is 1. The number of H-pyrrole nitrogens is 1. The predicted molar refractivity (Wildman–Crippen MR) is 71.0 cm³/mol. The lowest BCUT2D eigenvalue weighted by molar-refractivity contribution is 0.414. The Kier molecular flexibility index (Phi) is 2.92. The summed E-state index contributed by atoms with van der Waals surface area (Å²) in [5, 5.41) is 3.18. The van der Waals surface area contributed by atoms with Crippen molar-refractivity contribution < 1.29 is 4.74 Å². The number of hydrogen-bond acceptors (Lipinski definition) is 4. The van der Waals surface area contributed by atoms with Crippen molar-refractivity contribution in [3.63, 3.8) is 0 Å². The average Bonchev–Trinajstić information content (AvgIpc) is 2.97. The van der Waals surface area contributed by atoms with Gasteiger partial charge in [-0.05, 0) is 17.7 Å². The number of nitrogens with one attached hydrogen (secondary N) is 1. The Morgan fingerprint density at radius 3 is 2.68 bits per heavy atom. The van der Waals surface area contributed by atoms with Crippen molar-refractivity contribution in [2.45, 2.75) is 13.0 Å². The molecule has 98 valence electrons. The van der Waals surface area contributed by atoms with Gasteiger partial charge in [-0.1, -0.05) is 12.1 Å². The second-order valence-electron chi connectivity index (χ2n) is 4.30. The minimum atomic E-state index is 0.422. The topological polar surface area (TPSA) is 81.2 Å². The van der Waals surface area contributed by atoms with E-state index in [2.05, 4.69) is 15.1 Å². The minimum absolute atomic E-state index is 0.422. The molecule has 2 heterocycles. The Balaban J connectivity index is 1.81. The van der Waals surface area contributed by atoms with Crippen LogP contribution in [0.5, 0.6) is 5.75 Å². The van der Waals surface area contributed by atoms with Crippen LogP contribution in [0.2, 0.25) is 0 Å². The van der Waals surface area contributed by atoms with Crippen LogP contribution in [0.4, 0.5) is 0 Å². The molecule has 0 saturated carbocycles. The van der Waals surface area contributed by atoms with Crippen LogP contribution < -0.4 is 10.5 Å². The Bertz CT molecular complexity index is 651. The van der Waals surface area contributed by atoms with E-state index in [1.54, 1.807) is 11.6 Å². The van der Waals surface area contributed by atoms with Gasteiger partial charge < -0.3 is 10.5 Å². The summed E-state index contributed by atoms with van der Waals surface area (Å²) in [4.78, 5) is 8.73. The molecule has 0 spiro atoms. The fraction of sp³-hybridized carbons (Fsp3) is 0.231. The van der Waals surface area contributed by atoms with Crippen molar-refractivity contribution in [1.29, 1.82) is 0 Å². The van der Waals surface area contributed by atoms with Crippen LogP contribution in [0.1, 0.15) is 17.1 Å². The second kappa shape index (κ2) is 4.74. The van der Waals surface area contributed by atoms with Gasteiger partial charge in [0.2, 0.25) is 0 Å². The van der Waals surface area contributed by atoms with E-state index in [1.807, 2.05) is 30.5 Å². The summed E-state index contributed by atoms with van der Waals surface area (Å²) in [6.07, 6.45) is 2.59. The second-order valence-corrected chi connectivity index (χ2v) is 4.30. The Labute approximate surface area is 110 Å². The highest BCUT2D eigenvalue weighted by atomic mass is 16.5. The van der Waals surface area contributed by atoms with Gasteiger partial charge in [-0.25, -0.2) is 9.50 Å². The zero-order valence-electron chi connectivity index (χ0n) is 10.6. The SMILES string of the molecule is COc1ccc(Cc2nc3nc(CN)cn3[nH]2)cc1. The summed E-state index contributed by atoms with van der Waals surface area (Å²) >= 11 is 0. The number of hydrogen-bond donors (Lipinski definition) is 2. The number of nitrogens with two attached hydrogens (primary N) is 1. The molecule has 0 aliphatic rings. The maximum atomic E-state index is 5.53. The van der Waals surface area contributed by atoms with Crippen LogP contribution in [0.15, 0.2) is 30.5 Å². The van der Waals surface area contributed by atoms with Crippen LogP contribution in [-0.4, -0.2) is 26.7 Å². The molecule has 0 amide bonds.